The highest BCUT2D eigenvalue weighted by atomic mass is 35.5. The second-order valence-electron chi connectivity index (χ2n) is 5.59. The molecular formula is C18H21ClN2O5S. The number of hydrogen-bond donors (Lipinski definition) is 2. The van der Waals surface area contributed by atoms with Gasteiger partial charge in [0, 0.05) is 11.9 Å². The summed E-state index contributed by atoms with van der Waals surface area (Å²) in [5.41, 5.74) is 0.935. The van der Waals surface area contributed by atoms with E-state index in [4.69, 9.17) is 21.1 Å². The summed E-state index contributed by atoms with van der Waals surface area (Å²) in [6, 6.07) is 9.59. The van der Waals surface area contributed by atoms with Gasteiger partial charge in [-0.3, -0.25) is 4.79 Å². The third-order valence-electron chi connectivity index (χ3n) is 3.54. The van der Waals surface area contributed by atoms with Crippen LogP contribution in [0.1, 0.15) is 6.92 Å². The van der Waals surface area contributed by atoms with E-state index in [-0.39, 0.29) is 29.7 Å². The van der Waals surface area contributed by atoms with Gasteiger partial charge in [-0.15, -0.1) is 0 Å². The fraction of sp³-hybridized carbons (Fsp3) is 0.278. The monoisotopic (exact) mass is 412 g/mol. The van der Waals surface area contributed by atoms with Crippen LogP contribution < -0.4 is 20.1 Å². The number of hydrogen-bond acceptors (Lipinski definition) is 6. The Morgan fingerprint density at radius 2 is 1.96 bits per heavy atom. The van der Waals surface area contributed by atoms with Crippen LogP contribution in [-0.4, -0.2) is 40.8 Å². The number of carbonyl (C=O) groups is 1. The number of anilines is 2. The van der Waals surface area contributed by atoms with Crippen molar-refractivity contribution in [2.24, 2.45) is 0 Å². The molecule has 146 valence electrons. The highest BCUT2D eigenvalue weighted by molar-refractivity contribution is 7.90. The van der Waals surface area contributed by atoms with Crippen LogP contribution in [0.2, 0.25) is 5.02 Å². The molecule has 2 rings (SSSR count). The van der Waals surface area contributed by atoms with E-state index in [2.05, 4.69) is 10.6 Å². The zero-order chi connectivity index (χ0) is 20.0. The molecular weight excluding hydrogens is 392 g/mol. The average Bonchev–Trinajstić information content (AvgIpc) is 2.60. The summed E-state index contributed by atoms with van der Waals surface area (Å²) in [6.45, 7) is 1.96. The predicted octanol–water partition coefficient (Wildman–Crippen LogP) is 3.20. The van der Waals surface area contributed by atoms with Crippen LogP contribution in [0.3, 0.4) is 0 Å². The van der Waals surface area contributed by atoms with Crippen molar-refractivity contribution in [1.29, 1.82) is 0 Å². The molecule has 0 aromatic heterocycles. The smallest absolute Gasteiger partial charge is 0.243 e. The number of rotatable bonds is 8. The molecule has 0 spiro atoms. The molecule has 9 heteroatoms. The first-order valence-electron chi connectivity index (χ1n) is 8.09. The molecule has 0 fully saturated rings. The summed E-state index contributed by atoms with van der Waals surface area (Å²) in [5.74, 6) is 0.373. The minimum Gasteiger partial charge on any atom is -0.495 e. The average molecular weight is 413 g/mol. The first kappa shape index (κ1) is 20.9. The zero-order valence-corrected chi connectivity index (χ0v) is 16.8. The predicted molar refractivity (Wildman–Crippen MR) is 106 cm³/mol. The van der Waals surface area contributed by atoms with Crippen molar-refractivity contribution in [1.82, 2.24) is 0 Å². The van der Waals surface area contributed by atoms with E-state index in [1.165, 1.54) is 13.2 Å². The Kier molecular flexibility index (Phi) is 6.92. The molecule has 2 N–H and O–H groups in total. The summed E-state index contributed by atoms with van der Waals surface area (Å²) in [7, 11) is -1.96. The van der Waals surface area contributed by atoms with Crippen molar-refractivity contribution < 1.29 is 22.7 Å². The lowest BCUT2D eigenvalue weighted by Gasteiger charge is -2.15. The van der Waals surface area contributed by atoms with Gasteiger partial charge in [0.2, 0.25) is 5.91 Å². The maximum absolute atomic E-state index is 12.2. The van der Waals surface area contributed by atoms with Crippen LogP contribution in [0.15, 0.2) is 41.3 Å². The summed E-state index contributed by atoms with van der Waals surface area (Å²) >= 11 is 6.04. The molecule has 1 amide bonds. The van der Waals surface area contributed by atoms with Crippen LogP contribution in [-0.2, 0) is 14.6 Å². The number of para-hydroxylation sites is 1. The number of methoxy groups -OCH3 is 1. The van der Waals surface area contributed by atoms with Gasteiger partial charge < -0.3 is 20.1 Å². The van der Waals surface area contributed by atoms with E-state index in [1.54, 1.807) is 37.3 Å². The van der Waals surface area contributed by atoms with Crippen molar-refractivity contribution >= 4 is 38.7 Å². The SMILES string of the molecule is CCOc1c(NCC(=O)Nc2ccc(OC)c(Cl)c2)cccc1S(C)(=O)=O. The van der Waals surface area contributed by atoms with Gasteiger partial charge in [-0.1, -0.05) is 17.7 Å². The van der Waals surface area contributed by atoms with E-state index < -0.39 is 9.84 Å². The van der Waals surface area contributed by atoms with Crippen LogP contribution in [0.4, 0.5) is 11.4 Å². The summed E-state index contributed by atoms with van der Waals surface area (Å²) in [4.78, 5) is 12.3. The van der Waals surface area contributed by atoms with E-state index in [1.807, 2.05) is 0 Å². The second kappa shape index (κ2) is 8.96. The Hall–Kier alpha value is -2.45. The third kappa shape index (κ3) is 5.51. The number of benzene rings is 2. The van der Waals surface area contributed by atoms with Crippen LogP contribution in [0.5, 0.6) is 11.5 Å². The van der Waals surface area contributed by atoms with Crippen molar-refractivity contribution in [3.8, 4) is 11.5 Å². The Morgan fingerprint density at radius 1 is 1.22 bits per heavy atom. The zero-order valence-electron chi connectivity index (χ0n) is 15.2. The van der Waals surface area contributed by atoms with Crippen LogP contribution in [0, 0.1) is 0 Å². The molecule has 0 heterocycles. The molecule has 0 radical (unpaired) electrons. The van der Waals surface area contributed by atoms with Gasteiger partial charge in [0.25, 0.3) is 0 Å². The van der Waals surface area contributed by atoms with Crippen molar-refractivity contribution in [2.75, 3.05) is 37.2 Å². The van der Waals surface area contributed by atoms with Crippen molar-refractivity contribution in [2.45, 2.75) is 11.8 Å². The van der Waals surface area contributed by atoms with E-state index >= 15 is 0 Å². The Balaban J connectivity index is 2.12. The second-order valence-corrected chi connectivity index (χ2v) is 7.98. The van der Waals surface area contributed by atoms with E-state index in [0.29, 0.717) is 22.1 Å². The van der Waals surface area contributed by atoms with E-state index in [0.717, 1.165) is 6.26 Å². The lowest BCUT2D eigenvalue weighted by atomic mass is 10.2. The largest absolute Gasteiger partial charge is 0.495 e. The summed E-state index contributed by atoms with van der Waals surface area (Å²) in [6.07, 6.45) is 1.11. The maximum atomic E-state index is 12.2. The molecule has 0 aliphatic heterocycles. The number of amides is 1. The summed E-state index contributed by atoms with van der Waals surface area (Å²) < 4.78 is 34.4. The molecule has 0 saturated carbocycles. The van der Waals surface area contributed by atoms with E-state index in [9.17, 15) is 13.2 Å². The highest BCUT2D eigenvalue weighted by Crippen LogP contribution is 2.32. The number of ether oxygens (including phenoxy) is 2. The first-order valence-corrected chi connectivity index (χ1v) is 10.4. The third-order valence-corrected chi connectivity index (χ3v) is 4.96. The number of nitrogens with one attached hydrogen (secondary N) is 2. The van der Waals surface area contributed by atoms with Gasteiger partial charge >= 0.3 is 0 Å². The highest BCUT2D eigenvalue weighted by Gasteiger charge is 2.18. The molecule has 0 saturated heterocycles. The standard InChI is InChI=1S/C18H21ClN2O5S/c1-4-26-18-14(6-5-7-16(18)27(3,23)24)20-11-17(22)21-12-8-9-15(25-2)13(19)10-12/h5-10,20H,4,11H2,1-3H3,(H,21,22). The normalized spacial score (nSPS) is 11.0. The topological polar surface area (TPSA) is 93.7 Å². The van der Waals surface area contributed by atoms with Gasteiger partial charge in [-0.05, 0) is 37.3 Å². The molecule has 27 heavy (non-hydrogen) atoms. The maximum Gasteiger partial charge on any atom is 0.243 e. The lowest BCUT2D eigenvalue weighted by Crippen LogP contribution is -2.22. The molecule has 0 aliphatic rings. The molecule has 7 nitrogen and oxygen atoms in total. The molecule has 0 unspecified atom stereocenters. The summed E-state index contributed by atoms with van der Waals surface area (Å²) in [5, 5.41) is 5.99. The molecule has 0 atom stereocenters. The molecule has 2 aromatic carbocycles. The fourth-order valence-electron chi connectivity index (χ4n) is 2.37. The Morgan fingerprint density at radius 3 is 2.56 bits per heavy atom. The van der Waals surface area contributed by atoms with Gasteiger partial charge in [0.1, 0.15) is 10.6 Å². The van der Waals surface area contributed by atoms with Crippen molar-refractivity contribution in [3.63, 3.8) is 0 Å². The van der Waals surface area contributed by atoms with Gasteiger partial charge in [0.15, 0.2) is 15.6 Å². The minimum atomic E-state index is -3.47. The van der Waals surface area contributed by atoms with Gasteiger partial charge in [0.05, 0.1) is 31.0 Å². The lowest BCUT2D eigenvalue weighted by molar-refractivity contribution is -0.114. The van der Waals surface area contributed by atoms with Crippen molar-refractivity contribution in [3.05, 3.63) is 41.4 Å². The fourth-order valence-corrected chi connectivity index (χ4v) is 3.45. The minimum absolute atomic E-state index is 0.0664. The molecule has 2 aromatic rings. The number of sulfone groups is 1. The molecule has 0 aliphatic carbocycles. The number of carbonyl (C=O) groups excluding carboxylic acids is 1. The number of halogens is 1. The van der Waals surface area contributed by atoms with Gasteiger partial charge in [-0.2, -0.15) is 0 Å². The Bertz CT molecular complexity index is 931. The first-order chi connectivity index (χ1) is 12.8. The Labute approximate surface area is 163 Å². The van der Waals surface area contributed by atoms with Crippen LogP contribution >= 0.6 is 11.6 Å². The molecule has 0 bridgehead atoms. The van der Waals surface area contributed by atoms with Crippen LogP contribution in [0.25, 0.3) is 0 Å². The quantitative estimate of drug-likeness (QED) is 0.691. The van der Waals surface area contributed by atoms with Gasteiger partial charge in [-0.25, -0.2) is 8.42 Å².